The van der Waals surface area contributed by atoms with Crippen molar-refractivity contribution in [1.29, 1.82) is 0 Å². The number of carbonyl (C=O) groups is 1. The highest BCUT2D eigenvalue weighted by Crippen LogP contribution is 2.27. The molecular formula is C14H18FNOS. The summed E-state index contributed by atoms with van der Waals surface area (Å²) in [7, 11) is 0. The first-order chi connectivity index (χ1) is 8.58. The van der Waals surface area contributed by atoms with Crippen molar-refractivity contribution in [3.8, 4) is 0 Å². The van der Waals surface area contributed by atoms with Crippen LogP contribution in [0, 0.1) is 11.7 Å². The summed E-state index contributed by atoms with van der Waals surface area (Å²) < 4.78 is 13.1. The summed E-state index contributed by atoms with van der Waals surface area (Å²) in [5.41, 5.74) is 0.464. The van der Waals surface area contributed by atoms with Crippen LogP contribution in [0.15, 0.2) is 23.1 Å². The monoisotopic (exact) mass is 267 g/mol. The largest absolute Gasteiger partial charge is 0.349 e. The zero-order valence-electron chi connectivity index (χ0n) is 10.4. The molecule has 1 aliphatic rings. The predicted octanol–water partition coefficient (Wildman–Crippen LogP) is 3.42. The van der Waals surface area contributed by atoms with E-state index in [4.69, 9.17) is 0 Å². The molecule has 1 saturated carbocycles. The van der Waals surface area contributed by atoms with Crippen molar-refractivity contribution < 1.29 is 9.18 Å². The molecule has 0 heterocycles. The lowest BCUT2D eigenvalue weighted by Crippen LogP contribution is -2.37. The topological polar surface area (TPSA) is 29.1 Å². The summed E-state index contributed by atoms with van der Waals surface area (Å²) in [4.78, 5) is 12.2. The number of hydrogen-bond donors (Lipinski definition) is 2. The number of nitrogens with one attached hydrogen (secondary N) is 1. The Hall–Kier alpha value is -1.03. The van der Waals surface area contributed by atoms with Gasteiger partial charge in [0, 0.05) is 16.5 Å². The first-order valence-corrected chi connectivity index (χ1v) is 6.82. The molecule has 1 aromatic rings. The highest BCUT2D eigenvalue weighted by Gasteiger charge is 2.23. The summed E-state index contributed by atoms with van der Waals surface area (Å²) in [6.45, 7) is 2.04. The van der Waals surface area contributed by atoms with Crippen LogP contribution in [0.1, 0.15) is 43.0 Å². The number of carbonyl (C=O) groups excluding carboxylic acids is 1. The minimum absolute atomic E-state index is 0.148. The molecule has 0 aliphatic heterocycles. The van der Waals surface area contributed by atoms with E-state index in [0.29, 0.717) is 11.5 Å². The van der Waals surface area contributed by atoms with E-state index in [9.17, 15) is 9.18 Å². The molecule has 1 atom stereocenters. The molecule has 1 amide bonds. The van der Waals surface area contributed by atoms with Gasteiger partial charge in [0.25, 0.3) is 5.91 Å². The summed E-state index contributed by atoms with van der Waals surface area (Å²) in [6.07, 6.45) is 4.87. The summed E-state index contributed by atoms with van der Waals surface area (Å²) >= 11 is 3.99. The number of rotatable bonds is 3. The van der Waals surface area contributed by atoms with Crippen molar-refractivity contribution in [2.45, 2.75) is 43.5 Å². The van der Waals surface area contributed by atoms with Crippen LogP contribution < -0.4 is 5.32 Å². The van der Waals surface area contributed by atoms with Crippen LogP contribution in [0.4, 0.5) is 4.39 Å². The van der Waals surface area contributed by atoms with Gasteiger partial charge in [-0.05, 0) is 43.9 Å². The second kappa shape index (κ2) is 5.74. The quantitative estimate of drug-likeness (QED) is 0.807. The van der Waals surface area contributed by atoms with E-state index in [1.807, 2.05) is 6.92 Å². The van der Waals surface area contributed by atoms with Gasteiger partial charge in [-0.1, -0.05) is 12.8 Å². The van der Waals surface area contributed by atoms with Gasteiger partial charge in [-0.15, -0.1) is 12.6 Å². The molecule has 1 unspecified atom stereocenters. The summed E-state index contributed by atoms with van der Waals surface area (Å²) in [6, 6.07) is 4.41. The molecule has 2 nitrogen and oxygen atoms in total. The first-order valence-electron chi connectivity index (χ1n) is 6.37. The van der Waals surface area contributed by atoms with E-state index in [2.05, 4.69) is 17.9 Å². The third kappa shape index (κ3) is 3.05. The molecule has 1 aromatic carbocycles. The van der Waals surface area contributed by atoms with Crippen molar-refractivity contribution in [2.24, 2.45) is 5.92 Å². The predicted molar refractivity (Wildman–Crippen MR) is 72.5 cm³/mol. The molecule has 98 valence electrons. The van der Waals surface area contributed by atoms with Crippen molar-refractivity contribution in [3.05, 3.63) is 29.6 Å². The second-order valence-electron chi connectivity index (χ2n) is 4.97. The van der Waals surface area contributed by atoms with E-state index in [1.54, 1.807) is 0 Å². The first kappa shape index (κ1) is 13.4. The summed E-state index contributed by atoms with van der Waals surface area (Å²) in [5, 5.41) is 2.99. The molecule has 4 heteroatoms. The van der Waals surface area contributed by atoms with Gasteiger partial charge in [0.05, 0.1) is 0 Å². The van der Waals surface area contributed by atoms with E-state index in [-0.39, 0.29) is 16.8 Å². The number of thiol groups is 1. The Balaban J connectivity index is 2.00. The number of halogens is 1. The molecule has 0 saturated heterocycles. The number of amides is 1. The zero-order valence-corrected chi connectivity index (χ0v) is 11.3. The third-order valence-electron chi connectivity index (χ3n) is 3.67. The van der Waals surface area contributed by atoms with Gasteiger partial charge in [0.15, 0.2) is 0 Å². The summed E-state index contributed by atoms with van der Waals surface area (Å²) in [5.74, 6) is 0.0216. The van der Waals surface area contributed by atoms with Gasteiger partial charge in [0.1, 0.15) is 5.82 Å². The highest BCUT2D eigenvalue weighted by molar-refractivity contribution is 7.80. The SMILES string of the molecule is CC(NC(=O)c1ccc(F)c(S)c1)C1CCCC1. The lowest BCUT2D eigenvalue weighted by molar-refractivity contribution is 0.0927. The Bertz CT molecular complexity index is 443. The highest BCUT2D eigenvalue weighted by atomic mass is 32.1. The van der Waals surface area contributed by atoms with E-state index >= 15 is 0 Å². The van der Waals surface area contributed by atoms with Crippen molar-refractivity contribution in [3.63, 3.8) is 0 Å². The van der Waals surface area contributed by atoms with E-state index in [0.717, 1.165) is 0 Å². The van der Waals surface area contributed by atoms with Gasteiger partial charge >= 0.3 is 0 Å². The van der Waals surface area contributed by atoms with Crippen LogP contribution in [0.5, 0.6) is 0 Å². The van der Waals surface area contributed by atoms with Gasteiger partial charge in [0.2, 0.25) is 0 Å². The average Bonchev–Trinajstić information content (AvgIpc) is 2.86. The lowest BCUT2D eigenvalue weighted by atomic mass is 9.99. The second-order valence-corrected chi connectivity index (χ2v) is 5.45. The molecule has 1 N–H and O–H groups in total. The molecule has 18 heavy (non-hydrogen) atoms. The van der Waals surface area contributed by atoms with E-state index < -0.39 is 5.82 Å². The van der Waals surface area contributed by atoms with Crippen molar-refractivity contribution >= 4 is 18.5 Å². The molecular weight excluding hydrogens is 249 g/mol. The Kier molecular flexibility index (Phi) is 4.27. The fourth-order valence-electron chi connectivity index (χ4n) is 2.52. The van der Waals surface area contributed by atoms with Crippen LogP contribution in [0.25, 0.3) is 0 Å². The van der Waals surface area contributed by atoms with Gasteiger partial charge in [-0.3, -0.25) is 4.79 Å². The Labute approximate surface area is 112 Å². The molecule has 1 aliphatic carbocycles. The van der Waals surface area contributed by atoms with Crippen LogP contribution >= 0.6 is 12.6 Å². The molecule has 1 fully saturated rings. The van der Waals surface area contributed by atoms with Crippen molar-refractivity contribution in [1.82, 2.24) is 5.32 Å². The maximum absolute atomic E-state index is 13.1. The van der Waals surface area contributed by atoms with Gasteiger partial charge in [-0.25, -0.2) is 4.39 Å². The Morgan fingerprint density at radius 3 is 2.72 bits per heavy atom. The maximum Gasteiger partial charge on any atom is 0.251 e. The Morgan fingerprint density at radius 2 is 2.11 bits per heavy atom. The number of hydrogen-bond acceptors (Lipinski definition) is 2. The van der Waals surface area contributed by atoms with E-state index in [1.165, 1.54) is 43.9 Å². The number of benzene rings is 1. The van der Waals surface area contributed by atoms with Gasteiger partial charge in [-0.2, -0.15) is 0 Å². The van der Waals surface area contributed by atoms with Crippen LogP contribution in [-0.2, 0) is 0 Å². The van der Waals surface area contributed by atoms with Gasteiger partial charge < -0.3 is 5.32 Å². The van der Waals surface area contributed by atoms with Crippen LogP contribution in [-0.4, -0.2) is 11.9 Å². The van der Waals surface area contributed by atoms with Crippen LogP contribution in [0.3, 0.4) is 0 Å². The van der Waals surface area contributed by atoms with Crippen molar-refractivity contribution in [2.75, 3.05) is 0 Å². The molecule has 0 bridgehead atoms. The molecule has 2 rings (SSSR count). The standard InChI is InChI=1S/C14H18FNOS/c1-9(10-4-2-3-5-10)16-14(17)11-6-7-12(15)13(18)8-11/h6-10,18H,2-5H2,1H3,(H,16,17). The molecule has 0 aromatic heterocycles. The normalized spacial score (nSPS) is 17.7. The fraction of sp³-hybridized carbons (Fsp3) is 0.500. The average molecular weight is 267 g/mol. The Morgan fingerprint density at radius 1 is 1.44 bits per heavy atom. The molecule has 0 spiro atoms. The zero-order chi connectivity index (χ0) is 13.1. The minimum Gasteiger partial charge on any atom is -0.349 e. The smallest absolute Gasteiger partial charge is 0.251 e. The minimum atomic E-state index is -0.404. The van der Waals surface area contributed by atoms with Crippen LogP contribution in [0.2, 0.25) is 0 Å². The maximum atomic E-state index is 13.1. The fourth-order valence-corrected chi connectivity index (χ4v) is 2.73. The lowest BCUT2D eigenvalue weighted by Gasteiger charge is -2.20. The molecule has 0 radical (unpaired) electrons. The third-order valence-corrected chi connectivity index (χ3v) is 4.02.